The molecule has 8 nitrogen and oxygen atoms in total. The van der Waals surface area contributed by atoms with Gasteiger partial charge >= 0.3 is 5.97 Å². The number of benzene rings is 2. The molecular weight excluding hydrogens is 509 g/mol. The number of fused-ring (bicyclic) bond motifs is 1. The highest BCUT2D eigenvalue weighted by Gasteiger charge is 2.27. The molecule has 3 aromatic rings. The van der Waals surface area contributed by atoms with Gasteiger partial charge in [0, 0.05) is 16.0 Å². The highest BCUT2D eigenvalue weighted by atomic mass is 32.1. The Morgan fingerprint density at radius 1 is 1.11 bits per heavy atom. The van der Waals surface area contributed by atoms with Crippen LogP contribution in [0.3, 0.4) is 0 Å². The Bertz CT molecular complexity index is 1350. The number of carbonyl (C=O) groups is 3. The number of nitrogens with one attached hydrogen (secondary N) is 2. The van der Waals surface area contributed by atoms with Crippen molar-refractivity contribution in [2.75, 3.05) is 11.9 Å². The normalized spacial score (nSPS) is 13.4. The third-order valence-corrected chi connectivity index (χ3v) is 7.17. The second-order valence-electron chi connectivity index (χ2n) is 8.63. The van der Waals surface area contributed by atoms with E-state index in [1.54, 1.807) is 50.2 Å². The van der Waals surface area contributed by atoms with Gasteiger partial charge < -0.3 is 14.8 Å². The van der Waals surface area contributed by atoms with Gasteiger partial charge in [-0.25, -0.2) is 14.6 Å². The first kappa shape index (κ1) is 27.0. The van der Waals surface area contributed by atoms with Crippen molar-refractivity contribution in [3.05, 3.63) is 81.5 Å². The van der Waals surface area contributed by atoms with Gasteiger partial charge in [0.1, 0.15) is 16.6 Å². The Hall–Kier alpha value is -4.05. The lowest BCUT2D eigenvalue weighted by Gasteiger charge is -2.13. The van der Waals surface area contributed by atoms with E-state index in [2.05, 4.69) is 15.8 Å². The highest BCUT2D eigenvalue weighted by Crippen LogP contribution is 2.38. The average Bonchev–Trinajstić information content (AvgIpc) is 3.28. The minimum atomic E-state index is -0.892. The van der Waals surface area contributed by atoms with E-state index >= 15 is 0 Å². The van der Waals surface area contributed by atoms with Crippen molar-refractivity contribution in [3.63, 3.8) is 0 Å². The Kier molecular flexibility index (Phi) is 8.85. The predicted molar refractivity (Wildman–Crippen MR) is 144 cm³/mol. The van der Waals surface area contributed by atoms with Crippen LogP contribution in [0.25, 0.3) is 0 Å². The van der Waals surface area contributed by atoms with Crippen LogP contribution in [0.1, 0.15) is 63.4 Å². The van der Waals surface area contributed by atoms with E-state index in [9.17, 15) is 18.8 Å². The Morgan fingerprint density at radius 3 is 2.58 bits per heavy atom. The van der Waals surface area contributed by atoms with Crippen LogP contribution in [0.2, 0.25) is 0 Å². The summed E-state index contributed by atoms with van der Waals surface area (Å²) >= 11 is 1.43. The molecule has 0 bridgehead atoms. The molecule has 1 aromatic heterocycles. The molecule has 1 heterocycles. The third-order valence-electron chi connectivity index (χ3n) is 5.96. The molecule has 38 heavy (non-hydrogen) atoms. The number of hydrazone groups is 1. The summed E-state index contributed by atoms with van der Waals surface area (Å²) in [6, 6.07) is 12.4. The maximum atomic E-state index is 13.6. The van der Waals surface area contributed by atoms with Crippen LogP contribution in [0, 0.1) is 5.82 Å². The first-order valence-electron chi connectivity index (χ1n) is 12.3. The van der Waals surface area contributed by atoms with Crippen molar-refractivity contribution in [1.82, 2.24) is 5.43 Å². The molecule has 0 saturated heterocycles. The van der Waals surface area contributed by atoms with Gasteiger partial charge in [-0.3, -0.25) is 9.59 Å². The van der Waals surface area contributed by atoms with Crippen LogP contribution in [0.15, 0.2) is 53.6 Å². The molecule has 2 amide bonds. The topological polar surface area (TPSA) is 106 Å². The Morgan fingerprint density at radius 2 is 1.84 bits per heavy atom. The first-order valence-corrected chi connectivity index (χ1v) is 13.2. The van der Waals surface area contributed by atoms with E-state index in [-0.39, 0.29) is 18.1 Å². The number of hydrogen-bond acceptors (Lipinski definition) is 7. The molecule has 1 unspecified atom stereocenters. The summed E-state index contributed by atoms with van der Waals surface area (Å²) in [6.07, 6.45) is 4.05. The van der Waals surface area contributed by atoms with Crippen molar-refractivity contribution in [1.29, 1.82) is 0 Å². The lowest BCUT2D eigenvalue weighted by atomic mass is 9.95. The fourth-order valence-corrected chi connectivity index (χ4v) is 5.30. The number of nitrogens with zero attached hydrogens (tertiary/aromatic N) is 1. The zero-order valence-corrected chi connectivity index (χ0v) is 21.9. The van der Waals surface area contributed by atoms with Crippen molar-refractivity contribution < 1.29 is 28.2 Å². The van der Waals surface area contributed by atoms with Crippen molar-refractivity contribution >= 4 is 40.3 Å². The summed E-state index contributed by atoms with van der Waals surface area (Å²) in [5, 5.41) is 7.14. The van der Waals surface area contributed by atoms with Crippen LogP contribution in [0.4, 0.5) is 9.39 Å². The lowest BCUT2D eigenvalue weighted by molar-refractivity contribution is -0.127. The molecule has 0 fully saturated rings. The van der Waals surface area contributed by atoms with Crippen LogP contribution in [0.5, 0.6) is 5.75 Å². The second-order valence-corrected chi connectivity index (χ2v) is 9.74. The number of amides is 2. The van der Waals surface area contributed by atoms with Crippen LogP contribution < -0.4 is 15.5 Å². The van der Waals surface area contributed by atoms with E-state index in [1.807, 2.05) is 0 Å². The number of carbonyl (C=O) groups excluding carboxylic acids is 3. The molecule has 0 spiro atoms. The Balaban J connectivity index is 1.37. The number of esters is 1. The summed E-state index contributed by atoms with van der Waals surface area (Å²) in [5.41, 5.74) is 4.36. The van der Waals surface area contributed by atoms with Gasteiger partial charge in [0.2, 0.25) is 0 Å². The molecule has 0 radical (unpaired) electrons. The number of thiophene rings is 1. The van der Waals surface area contributed by atoms with Gasteiger partial charge in [-0.15, -0.1) is 11.3 Å². The average molecular weight is 538 g/mol. The minimum Gasteiger partial charge on any atom is -0.481 e. The van der Waals surface area contributed by atoms with E-state index < -0.39 is 23.8 Å². The van der Waals surface area contributed by atoms with Crippen molar-refractivity contribution in [3.8, 4) is 5.75 Å². The molecule has 198 valence electrons. The number of rotatable bonds is 9. The molecular formula is C28H28FN3O5S. The number of anilines is 1. The van der Waals surface area contributed by atoms with Gasteiger partial charge in [0.25, 0.3) is 11.8 Å². The quantitative estimate of drug-likeness (QED) is 0.224. The molecule has 4 rings (SSSR count). The fraction of sp³-hybridized carbons (Fsp3) is 0.286. The van der Waals surface area contributed by atoms with Gasteiger partial charge in [0.05, 0.1) is 18.4 Å². The maximum absolute atomic E-state index is 13.6. The van der Waals surface area contributed by atoms with Gasteiger partial charge in [-0.2, -0.15) is 5.10 Å². The minimum absolute atomic E-state index is 0.243. The summed E-state index contributed by atoms with van der Waals surface area (Å²) in [6.45, 7) is 3.55. The van der Waals surface area contributed by atoms with E-state index in [1.165, 1.54) is 29.7 Å². The number of aryl methyl sites for hydroxylation is 1. The zero-order chi connectivity index (χ0) is 27.1. The maximum Gasteiger partial charge on any atom is 0.341 e. The summed E-state index contributed by atoms with van der Waals surface area (Å²) in [4.78, 5) is 39.0. The zero-order valence-electron chi connectivity index (χ0n) is 21.1. The smallest absolute Gasteiger partial charge is 0.341 e. The summed E-state index contributed by atoms with van der Waals surface area (Å²) in [5.74, 6) is -1.38. The van der Waals surface area contributed by atoms with Gasteiger partial charge in [0.15, 0.2) is 6.10 Å². The molecule has 0 aliphatic heterocycles. The third kappa shape index (κ3) is 6.44. The van der Waals surface area contributed by atoms with Crippen LogP contribution >= 0.6 is 11.3 Å². The van der Waals surface area contributed by atoms with E-state index in [4.69, 9.17) is 9.47 Å². The molecule has 1 atom stereocenters. The molecule has 1 aliphatic rings. The lowest BCUT2D eigenvalue weighted by Crippen LogP contribution is -2.33. The molecule has 10 heteroatoms. The molecule has 2 aromatic carbocycles. The largest absolute Gasteiger partial charge is 0.481 e. The summed E-state index contributed by atoms with van der Waals surface area (Å²) < 4.78 is 24.5. The molecule has 2 N–H and O–H groups in total. The van der Waals surface area contributed by atoms with Crippen molar-refractivity contribution in [2.24, 2.45) is 5.10 Å². The van der Waals surface area contributed by atoms with Crippen molar-refractivity contribution in [2.45, 2.75) is 45.6 Å². The number of halogens is 1. The van der Waals surface area contributed by atoms with Crippen LogP contribution in [-0.4, -0.2) is 36.7 Å². The van der Waals surface area contributed by atoms with Crippen LogP contribution in [-0.2, 0) is 22.4 Å². The van der Waals surface area contributed by atoms with E-state index in [0.29, 0.717) is 21.9 Å². The number of hydrogen-bond donors (Lipinski definition) is 2. The van der Waals surface area contributed by atoms with Gasteiger partial charge in [-0.1, -0.05) is 18.2 Å². The van der Waals surface area contributed by atoms with Gasteiger partial charge in [-0.05, 0) is 75.4 Å². The predicted octanol–water partition coefficient (Wildman–Crippen LogP) is 5.11. The molecule has 1 aliphatic carbocycles. The number of ether oxygens (including phenoxy) is 2. The monoisotopic (exact) mass is 537 g/mol. The molecule has 0 saturated carbocycles. The highest BCUT2D eigenvalue weighted by molar-refractivity contribution is 7.17. The van der Waals surface area contributed by atoms with E-state index in [0.717, 1.165) is 36.1 Å². The second kappa shape index (κ2) is 12.5. The summed E-state index contributed by atoms with van der Waals surface area (Å²) in [7, 11) is 0. The fourth-order valence-electron chi connectivity index (χ4n) is 4.03. The Labute approximate surface area is 223 Å². The standard InChI is InChI=1S/C28H28FN3O5S/c1-3-36-28(35)24-21-9-5-7-11-23(21)38-27(24)31-26(34)18-12-14-20(15-13-18)37-17(2)25(33)32-30-16-19-8-4-6-10-22(19)29/h4,6,8,10,12-17H,3,5,7,9,11H2,1-2H3,(H,31,34)(H,32,33)/b30-16+. The first-order chi connectivity index (χ1) is 18.4. The SMILES string of the molecule is CCOC(=O)c1c(NC(=O)c2ccc(OC(C)C(=O)N/N=C/c3ccccc3F)cc2)sc2c1CCCC2.